The molecule has 2 N–H and O–H groups in total. The van der Waals surface area contributed by atoms with Crippen LogP contribution in [-0.2, 0) is 16.2 Å². The number of fused-ring (bicyclic) bond motifs is 10. The minimum absolute atomic E-state index is 0.0730. The summed E-state index contributed by atoms with van der Waals surface area (Å²) in [6.07, 6.45) is 16.0. The highest BCUT2D eigenvalue weighted by Crippen LogP contribution is 2.64. The van der Waals surface area contributed by atoms with Crippen LogP contribution in [0.1, 0.15) is 158 Å². The molecule has 0 saturated carbocycles. The smallest absolute Gasteiger partial charge is 0.115 e. The summed E-state index contributed by atoms with van der Waals surface area (Å²) in [5.74, 6) is 0.569. The maximum Gasteiger partial charge on any atom is 0.115 e. The summed E-state index contributed by atoms with van der Waals surface area (Å²) in [5, 5.41) is 22.1. The summed E-state index contributed by atoms with van der Waals surface area (Å²) in [6, 6.07) is 26.4. The van der Waals surface area contributed by atoms with Crippen molar-refractivity contribution in [3.05, 3.63) is 106 Å². The fourth-order valence-electron chi connectivity index (χ4n) is 9.07. The van der Waals surface area contributed by atoms with Crippen LogP contribution in [0.25, 0.3) is 22.3 Å². The second-order valence-electron chi connectivity index (χ2n) is 15.5. The van der Waals surface area contributed by atoms with Gasteiger partial charge in [-0.25, -0.2) is 0 Å². The first-order chi connectivity index (χ1) is 23.2. The van der Waals surface area contributed by atoms with E-state index in [4.69, 9.17) is 0 Å². The first-order valence-corrected chi connectivity index (χ1v) is 19.1. The van der Waals surface area contributed by atoms with Crippen LogP contribution in [0.5, 0.6) is 11.5 Å². The van der Waals surface area contributed by atoms with Gasteiger partial charge in [0.2, 0.25) is 0 Å². The lowest BCUT2D eigenvalue weighted by Crippen LogP contribution is -2.28. The number of phenols is 2. The first kappa shape index (κ1) is 34.3. The topological polar surface area (TPSA) is 40.5 Å². The SMILES string of the molecule is CCCCCCCC(C)(CC)c1ccc2c(c1)C1(c3cc(O)ccc3-c3ccc(O)cc31)c1cc(C(C)(CC)CCCCCC)ccc1-2. The van der Waals surface area contributed by atoms with Crippen molar-refractivity contribution in [2.24, 2.45) is 0 Å². The third kappa shape index (κ3) is 5.68. The monoisotopic (exact) mass is 642 g/mol. The van der Waals surface area contributed by atoms with Gasteiger partial charge in [-0.15, -0.1) is 0 Å². The van der Waals surface area contributed by atoms with E-state index in [1.54, 1.807) is 0 Å². The molecule has 2 aliphatic rings. The third-order valence-corrected chi connectivity index (χ3v) is 12.6. The van der Waals surface area contributed by atoms with Crippen LogP contribution in [0.15, 0.2) is 72.8 Å². The Balaban J connectivity index is 1.58. The van der Waals surface area contributed by atoms with E-state index in [2.05, 4.69) is 90.1 Å². The number of hydrogen-bond acceptors (Lipinski definition) is 2. The van der Waals surface area contributed by atoms with Crippen molar-refractivity contribution in [2.75, 3.05) is 0 Å². The molecule has 0 aromatic heterocycles. The number of hydrogen-bond donors (Lipinski definition) is 2. The zero-order valence-electron chi connectivity index (χ0n) is 30.5. The van der Waals surface area contributed by atoms with Gasteiger partial charge in [0.25, 0.3) is 0 Å². The standard InChI is InChI=1S/C46H58O2/c1-7-11-13-15-17-27-45(6,10-4)33-19-23-37-36-22-18-32(44(5,9-3)26-16-14-12-8-2)28-40(36)46(41(37)29-33)42-30-34(47)20-24-38(42)39-25-21-35(48)31-43(39)46/h18-25,28-31,47-48H,7-17,26-27H2,1-6H3. The quantitative estimate of drug-likeness (QED) is 0.109. The Bertz CT molecular complexity index is 1710. The maximum atomic E-state index is 11.1. The van der Waals surface area contributed by atoms with E-state index in [1.165, 1.54) is 104 Å². The molecule has 0 aliphatic heterocycles. The average Bonchev–Trinajstić information content (AvgIpc) is 3.55. The summed E-state index contributed by atoms with van der Waals surface area (Å²) in [6.45, 7) is 14.2. The molecule has 0 heterocycles. The summed E-state index contributed by atoms with van der Waals surface area (Å²) in [5.41, 5.74) is 12.0. The average molecular weight is 643 g/mol. The zero-order valence-corrected chi connectivity index (χ0v) is 30.5. The molecular formula is C46H58O2. The van der Waals surface area contributed by atoms with Crippen molar-refractivity contribution in [1.82, 2.24) is 0 Å². The lowest BCUT2D eigenvalue weighted by Gasteiger charge is -2.35. The highest BCUT2D eigenvalue weighted by atomic mass is 16.3. The molecule has 2 atom stereocenters. The number of phenolic OH excluding ortho intramolecular Hbond substituents is 2. The molecule has 0 saturated heterocycles. The largest absolute Gasteiger partial charge is 0.508 e. The molecule has 4 aromatic rings. The van der Waals surface area contributed by atoms with Crippen molar-refractivity contribution < 1.29 is 10.2 Å². The number of aromatic hydroxyl groups is 2. The number of unbranched alkanes of at least 4 members (excludes halogenated alkanes) is 7. The van der Waals surface area contributed by atoms with E-state index in [0.29, 0.717) is 0 Å². The van der Waals surface area contributed by atoms with E-state index >= 15 is 0 Å². The van der Waals surface area contributed by atoms with E-state index in [9.17, 15) is 10.2 Å². The number of rotatable bonds is 15. The molecule has 2 nitrogen and oxygen atoms in total. The molecule has 0 amide bonds. The molecule has 254 valence electrons. The molecule has 0 bridgehead atoms. The van der Waals surface area contributed by atoms with Gasteiger partial charge in [-0.3, -0.25) is 0 Å². The fraction of sp³-hybridized carbons (Fsp3) is 0.478. The fourth-order valence-corrected chi connectivity index (χ4v) is 9.07. The van der Waals surface area contributed by atoms with Gasteiger partial charge in [0.1, 0.15) is 11.5 Å². The second kappa shape index (κ2) is 13.8. The molecule has 4 aromatic carbocycles. The molecular weight excluding hydrogens is 585 g/mol. The Hall–Kier alpha value is -3.52. The van der Waals surface area contributed by atoms with Crippen LogP contribution in [0, 0.1) is 0 Å². The lowest BCUT2D eigenvalue weighted by molar-refractivity contribution is 0.394. The Kier molecular flexibility index (Phi) is 9.85. The van der Waals surface area contributed by atoms with Gasteiger partial charge >= 0.3 is 0 Å². The molecule has 2 aliphatic carbocycles. The molecule has 6 rings (SSSR count). The predicted octanol–water partition coefficient (Wildman–Crippen LogP) is 13.1. The highest BCUT2D eigenvalue weighted by Gasteiger charge is 2.53. The molecule has 2 unspecified atom stereocenters. The van der Waals surface area contributed by atoms with Gasteiger partial charge in [0, 0.05) is 0 Å². The maximum absolute atomic E-state index is 11.1. The highest BCUT2D eigenvalue weighted by molar-refractivity contribution is 5.95. The normalized spacial score (nSPS) is 16.2. The van der Waals surface area contributed by atoms with Crippen LogP contribution in [0.2, 0.25) is 0 Å². The zero-order chi connectivity index (χ0) is 34.1. The van der Waals surface area contributed by atoms with Crippen LogP contribution in [0.4, 0.5) is 0 Å². The third-order valence-electron chi connectivity index (χ3n) is 12.6. The Morgan fingerprint density at radius 3 is 1.21 bits per heavy atom. The predicted molar refractivity (Wildman–Crippen MR) is 203 cm³/mol. The van der Waals surface area contributed by atoms with Crippen molar-refractivity contribution in [3.8, 4) is 33.8 Å². The Morgan fingerprint density at radius 2 is 0.812 bits per heavy atom. The molecule has 2 heteroatoms. The molecule has 48 heavy (non-hydrogen) atoms. The minimum Gasteiger partial charge on any atom is -0.508 e. The van der Waals surface area contributed by atoms with Gasteiger partial charge in [-0.05, 0) is 116 Å². The van der Waals surface area contributed by atoms with Gasteiger partial charge in [-0.2, -0.15) is 0 Å². The Labute approximate surface area is 290 Å². The summed E-state index contributed by atoms with van der Waals surface area (Å²) >= 11 is 0. The van der Waals surface area contributed by atoms with Crippen LogP contribution >= 0.6 is 0 Å². The van der Waals surface area contributed by atoms with Crippen LogP contribution < -0.4 is 0 Å². The van der Waals surface area contributed by atoms with E-state index < -0.39 is 5.41 Å². The lowest BCUT2D eigenvalue weighted by atomic mass is 9.67. The van der Waals surface area contributed by atoms with Crippen molar-refractivity contribution in [3.63, 3.8) is 0 Å². The van der Waals surface area contributed by atoms with Gasteiger partial charge in [-0.1, -0.05) is 148 Å². The van der Waals surface area contributed by atoms with Gasteiger partial charge in [0.15, 0.2) is 0 Å². The second-order valence-corrected chi connectivity index (χ2v) is 15.5. The molecule has 0 fully saturated rings. The summed E-state index contributed by atoms with van der Waals surface area (Å²) in [4.78, 5) is 0. The summed E-state index contributed by atoms with van der Waals surface area (Å²) in [7, 11) is 0. The van der Waals surface area contributed by atoms with Gasteiger partial charge in [0.05, 0.1) is 5.41 Å². The van der Waals surface area contributed by atoms with Crippen molar-refractivity contribution >= 4 is 0 Å². The molecule has 0 radical (unpaired) electrons. The molecule has 1 spiro atoms. The van der Waals surface area contributed by atoms with Crippen LogP contribution in [-0.4, -0.2) is 10.2 Å². The van der Waals surface area contributed by atoms with E-state index in [0.717, 1.165) is 35.1 Å². The van der Waals surface area contributed by atoms with Crippen LogP contribution in [0.3, 0.4) is 0 Å². The number of benzene rings is 4. The van der Waals surface area contributed by atoms with E-state index in [1.807, 2.05) is 24.3 Å². The van der Waals surface area contributed by atoms with Gasteiger partial charge < -0.3 is 10.2 Å². The van der Waals surface area contributed by atoms with Crippen molar-refractivity contribution in [2.45, 2.75) is 141 Å². The first-order valence-electron chi connectivity index (χ1n) is 19.1. The minimum atomic E-state index is -0.620. The van der Waals surface area contributed by atoms with E-state index in [-0.39, 0.29) is 22.3 Å². The summed E-state index contributed by atoms with van der Waals surface area (Å²) < 4.78 is 0. The Morgan fingerprint density at radius 1 is 0.458 bits per heavy atom. The van der Waals surface area contributed by atoms with Crippen molar-refractivity contribution in [1.29, 1.82) is 0 Å².